The van der Waals surface area contributed by atoms with E-state index in [-0.39, 0.29) is 17.9 Å². The topological polar surface area (TPSA) is 62.3 Å². The Labute approximate surface area is 177 Å². The number of hydrogen-bond donors (Lipinski definition) is 1. The van der Waals surface area contributed by atoms with Crippen LogP contribution in [0.3, 0.4) is 0 Å². The van der Waals surface area contributed by atoms with E-state index in [9.17, 15) is 9.59 Å². The first-order valence-electron chi connectivity index (χ1n) is 11.0. The Morgan fingerprint density at radius 3 is 2.31 bits per heavy atom. The summed E-state index contributed by atoms with van der Waals surface area (Å²) in [5, 5.41) is 3.02. The van der Waals surface area contributed by atoms with E-state index in [0.717, 1.165) is 24.8 Å². The second kappa shape index (κ2) is 15.6. The third-order valence-electron chi connectivity index (χ3n) is 4.67. The molecular weight excluding hydrogens is 362 g/mol. The van der Waals surface area contributed by atoms with Gasteiger partial charge in [0.1, 0.15) is 5.69 Å². The Bertz CT molecular complexity index is 651. The maximum absolute atomic E-state index is 12.3. The molecule has 1 aromatic heterocycles. The fraction of sp³-hybridized carbons (Fsp3) is 0.625. The van der Waals surface area contributed by atoms with Crippen molar-refractivity contribution in [2.75, 3.05) is 13.1 Å². The highest BCUT2D eigenvalue weighted by molar-refractivity contribution is 5.92. The summed E-state index contributed by atoms with van der Waals surface area (Å²) in [6.45, 7) is 15.4. The molecule has 1 unspecified atom stereocenters. The van der Waals surface area contributed by atoms with Crippen molar-refractivity contribution >= 4 is 11.8 Å². The number of carbonyl (C=O) groups is 2. The first-order chi connectivity index (χ1) is 14.0. The average molecular weight is 402 g/mol. The van der Waals surface area contributed by atoms with E-state index in [2.05, 4.69) is 36.0 Å². The Morgan fingerprint density at radius 2 is 1.83 bits per heavy atom. The van der Waals surface area contributed by atoms with Gasteiger partial charge in [0.25, 0.3) is 5.91 Å². The molecule has 1 saturated heterocycles. The quantitative estimate of drug-likeness (QED) is 0.730. The fourth-order valence-electron chi connectivity index (χ4n) is 2.85. The van der Waals surface area contributed by atoms with Gasteiger partial charge in [0, 0.05) is 37.3 Å². The fourth-order valence-corrected chi connectivity index (χ4v) is 2.85. The van der Waals surface area contributed by atoms with Gasteiger partial charge in [-0.15, -0.1) is 5.92 Å². The van der Waals surface area contributed by atoms with Gasteiger partial charge in [-0.3, -0.25) is 9.59 Å². The second-order valence-electron chi connectivity index (χ2n) is 6.65. The van der Waals surface area contributed by atoms with Crippen LogP contribution in [0.5, 0.6) is 0 Å². The minimum atomic E-state index is -0.166. The van der Waals surface area contributed by atoms with Gasteiger partial charge in [-0.05, 0) is 37.8 Å². The van der Waals surface area contributed by atoms with E-state index in [1.807, 2.05) is 32.6 Å². The maximum Gasteiger partial charge on any atom is 0.270 e. The predicted octanol–water partition coefficient (Wildman–Crippen LogP) is 4.66. The van der Waals surface area contributed by atoms with Crippen molar-refractivity contribution in [1.29, 1.82) is 0 Å². The molecule has 5 nitrogen and oxygen atoms in total. The van der Waals surface area contributed by atoms with Crippen LogP contribution in [0.2, 0.25) is 0 Å². The SMILES string of the molecule is CC.CC.CC#Cc1ccc(C(=O)NC2CCN(C(=O)CC(C)CC)CC2)nc1. The molecule has 0 saturated carbocycles. The molecule has 1 aliphatic heterocycles. The number of piperidine rings is 1. The molecule has 1 fully saturated rings. The van der Waals surface area contributed by atoms with Crippen LogP contribution in [0.25, 0.3) is 0 Å². The smallest absolute Gasteiger partial charge is 0.270 e. The van der Waals surface area contributed by atoms with Crippen LogP contribution in [0.1, 0.15) is 90.2 Å². The molecule has 0 aliphatic carbocycles. The molecule has 0 spiro atoms. The van der Waals surface area contributed by atoms with Crippen LogP contribution >= 0.6 is 0 Å². The number of nitrogens with zero attached hydrogens (tertiary/aromatic N) is 2. The number of nitrogens with one attached hydrogen (secondary N) is 1. The van der Waals surface area contributed by atoms with Crippen molar-refractivity contribution in [1.82, 2.24) is 15.2 Å². The molecular formula is C24H39N3O2. The van der Waals surface area contributed by atoms with Crippen molar-refractivity contribution in [3.05, 3.63) is 29.6 Å². The lowest BCUT2D eigenvalue weighted by molar-refractivity contribution is -0.133. The molecule has 2 heterocycles. The maximum atomic E-state index is 12.3. The van der Waals surface area contributed by atoms with Gasteiger partial charge >= 0.3 is 0 Å². The Morgan fingerprint density at radius 1 is 1.21 bits per heavy atom. The average Bonchev–Trinajstić information content (AvgIpc) is 2.77. The number of pyridine rings is 1. The minimum Gasteiger partial charge on any atom is -0.348 e. The summed E-state index contributed by atoms with van der Waals surface area (Å²) in [5.74, 6) is 6.20. The molecule has 0 bridgehead atoms. The third-order valence-corrected chi connectivity index (χ3v) is 4.67. The van der Waals surface area contributed by atoms with Crippen LogP contribution < -0.4 is 5.32 Å². The van der Waals surface area contributed by atoms with Crippen LogP contribution in [-0.2, 0) is 4.79 Å². The van der Waals surface area contributed by atoms with Gasteiger partial charge in [0.15, 0.2) is 0 Å². The largest absolute Gasteiger partial charge is 0.348 e. The molecule has 2 amide bonds. The van der Waals surface area contributed by atoms with E-state index in [0.29, 0.717) is 31.1 Å². The molecule has 1 aliphatic rings. The van der Waals surface area contributed by atoms with Crippen molar-refractivity contribution in [2.45, 2.75) is 80.2 Å². The normalized spacial score (nSPS) is 14.1. The number of carbonyl (C=O) groups excluding carboxylic acids is 2. The number of likely N-dealkylation sites (tertiary alicyclic amines) is 1. The van der Waals surface area contributed by atoms with E-state index in [1.165, 1.54) is 0 Å². The van der Waals surface area contributed by atoms with Crippen molar-refractivity contribution in [3.8, 4) is 11.8 Å². The number of rotatable bonds is 5. The first-order valence-corrected chi connectivity index (χ1v) is 11.0. The van der Waals surface area contributed by atoms with Crippen LogP contribution in [-0.4, -0.2) is 40.8 Å². The lowest BCUT2D eigenvalue weighted by atomic mass is 10.0. The molecule has 1 N–H and O–H groups in total. The van der Waals surface area contributed by atoms with Gasteiger partial charge < -0.3 is 10.2 Å². The second-order valence-corrected chi connectivity index (χ2v) is 6.65. The summed E-state index contributed by atoms with van der Waals surface area (Å²) >= 11 is 0. The lowest BCUT2D eigenvalue weighted by Gasteiger charge is -2.33. The summed E-state index contributed by atoms with van der Waals surface area (Å²) in [4.78, 5) is 30.6. The Kier molecular flexibility index (Phi) is 14.3. The van der Waals surface area contributed by atoms with Crippen molar-refractivity contribution in [2.24, 2.45) is 5.92 Å². The van der Waals surface area contributed by atoms with E-state index in [1.54, 1.807) is 25.3 Å². The number of amides is 2. The highest BCUT2D eigenvalue weighted by atomic mass is 16.2. The predicted molar refractivity (Wildman–Crippen MR) is 121 cm³/mol. The van der Waals surface area contributed by atoms with Gasteiger partial charge in [0.2, 0.25) is 5.91 Å². The van der Waals surface area contributed by atoms with E-state index < -0.39 is 0 Å². The lowest BCUT2D eigenvalue weighted by Crippen LogP contribution is -2.46. The van der Waals surface area contributed by atoms with Crippen LogP contribution in [0.15, 0.2) is 18.3 Å². The molecule has 162 valence electrons. The molecule has 1 aromatic rings. The van der Waals surface area contributed by atoms with E-state index >= 15 is 0 Å². The monoisotopic (exact) mass is 401 g/mol. The zero-order valence-electron chi connectivity index (χ0n) is 19.3. The third kappa shape index (κ3) is 9.60. The van der Waals surface area contributed by atoms with Crippen LogP contribution in [0, 0.1) is 17.8 Å². The molecule has 1 atom stereocenters. The minimum absolute atomic E-state index is 0.0945. The summed E-state index contributed by atoms with van der Waals surface area (Å²) in [7, 11) is 0. The van der Waals surface area contributed by atoms with Gasteiger partial charge in [-0.25, -0.2) is 4.98 Å². The highest BCUT2D eigenvalue weighted by Gasteiger charge is 2.24. The molecule has 5 heteroatoms. The zero-order chi connectivity index (χ0) is 22.2. The van der Waals surface area contributed by atoms with Crippen LogP contribution in [0.4, 0.5) is 0 Å². The highest BCUT2D eigenvalue weighted by Crippen LogP contribution is 2.15. The summed E-state index contributed by atoms with van der Waals surface area (Å²) in [6, 6.07) is 3.59. The summed E-state index contributed by atoms with van der Waals surface area (Å²) in [5.41, 5.74) is 1.20. The summed E-state index contributed by atoms with van der Waals surface area (Å²) in [6.07, 6.45) is 4.83. The zero-order valence-corrected chi connectivity index (χ0v) is 19.3. The number of aromatic nitrogens is 1. The van der Waals surface area contributed by atoms with Crippen molar-refractivity contribution < 1.29 is 9.59 Å². The molecule has 0 aromatic carbocycles. The van der Waals surface area contributed by atoms with Gasteiger partial charge in [-0.1, -0.05) is 53.9 Å². The molecule has 0 radical (unpaired) electrons. The standard InChI is InChI=1S/C20H27N3O2.2C2H6/c1-4-6-16-7-8-18(21-14-16)20(25)22-17-9-11-23(12-10-17)19(24)13-15(3)5-2;2*1-2/h7-8,14-15,17H,5,9-13H2,1-3H3,(H,22,25);2*1-2H3. The van der Waals surface area contributed by atoms with Gasteiger partial charge in [0.05, 0.1) is 0 Å². The van der Waals surface area contributed by atoms with E-state index in [4.69, 9.17) is 0 Å². The number of hydrogen-bond acceptors (Lipinski definition) is 3. The van der Waals surface area contributed by atoms with Crippen molar-refractivity contribution in [3.63, 3.8) is 0 Å². The Hall–Kier alpha value is -2.35. The summed E-state index contributed by atoms with van der Waals surface area (Å²) < 4.78 is 0. The molecule has 29 heavy (non-hydrogen) atoms. The van der Waals surface area contributed by atoms with Gasteiger partial charge in [-0.2, -0.15) is 0 Å². The Balaban J connectivity index is 0.00000184. The first kappa shape index (κ1) is 26.6. The molecule has 2 rings (SSSR count).